The van der Waals surface area contributed by atoms with Crippen LogP contribution in [0.4, 0.5) is 0 Å². The number of aliphatic hydroxyl groups is 11. The summed E-state index contributed by atoms with van der Waals surface area (Å²) in [5, 5.41) is 121. The number of carbonyl (C=O) groups excluding carboxylic acids is 1. The summed E-state index contributed by atoms with van der Waals surface area (Å²) in [6.45, 7) is 1.76. The minimum Gasteiger partial charge on any atom is -0.394 e. The summed E-state index contributed by atoms with van der Waals surface area (Å²) in [6, 6.07) is -0.987. The zero-order valence-electron chi connectivity index (χ0n) is 62.5. The van der Waals surface area contributed by atoms with E-state index in [1.165, 1.54) is 276 Å². The number of hydrogen-bond donors (Lipinski definition) is 12. The van der Waals surface area contributed by atoms with Crippen molar-refractivity contribution in [3.05, 3.63) is 24.3 Å². The van der Waals surface area contributed by atoms with Gasteiger partial charge in [-0.2, -0.15) is 0 Å². The second kappa shape index (κ2) is 61.4. The molecule has 0 aliphatic carbocycles. The minimum atomic E-state index is -1.98. The summed E-state index contributed by atoms with van der Waals surface area (Å²) in [4.78, 5) is 13.4. The summed E-state index contributed by atoms with van der Waals surface area (Å²) in [5.41, 5.74) is 0. The average molecular weight is 1420 g/mol. The van der Waals surface area contributed by atoms with Gasteiger partial charge >= 0.3 is 0 Å². The van der Waals surface area contributed by atoms with E-state index in [-0.39, 0.29) is 18.9 Å². The van der Waals surface area contributed by atoms with Gasteiger partial charge in [-0.15, -0.1) is 0 Å². The van der Waals surface area contributed by atoms with Gasteiger partial charge in [-0.3, -0.25) is 4.79 Å². The van der Waals surface area contributed by atoms with E-state index >= 15 is 0 Å². The van der Waals surface area contributed by atoms with Gasteiger partial charge in [0.05, 0.1) is 38.6 Å². The van der Waals surface area contributed by atoms with Gasteiger partial charge in [-0.1, -0.05) is 334 Å². The molecule has 17 atom stereocenters. The molecule has 19 nitrogen and oxygen atoms in total. The molecule has 0 spiro atoms. The van der Waals surface area contributed by atoms with Crippen molar-refractivity contribution in [1.82, 2.24) is 5.32 Å². The maximum absolute atomic E-state index is 13.4. The molecule has 17 unspecified atom stereocenters. The van der Waals surface area contributed by atoms with Gasteiger partial charge < -0.3 is 89.9 Å². The van der Waals surface area contributed by atoms with Gasteiger partial charge in [0.2, 0.25) is 5.91 Å². The Kier molecular flexibility index (Phi) is 56.8. The second-order valence-corrected chi connectivity index (χ2v) is 29.6. The van der Waals surface area contributed by atoms with E-state index in [1.807, 2.05) is 6.08 Å². The monoisotopic (exact) mass is 1410 g/mol. The zero-order chi connectivity index (χ0) is 71.8. The topological polar surface area (TPSA) is 307 Å². The van der Waals surface area contributed by atoms with Crippen LogP contribution in [0, 0.1) is 0 Å². The lowest BCUT2D eigenvalue weighted by Gasteiger charge is -2.48. The molecule has 0 aromatic carbocycles. The first-order valence-electron chi connectivity index (χ1n) is 41.1. The molecule has 19 heteroatoms. The first-order chi connectivity index (χ1) is 48.3. The summed E-state index contributed by atoms with van der Waals surface area (Å²) in [6.07, 6.45) is 47.8. The molecular formula is C80H151NO18. The number of ether oxygens (including phenoxy) is 6. The lowest BCUT2D eigenvalue weighted by atomic mass is 9.96. The van der Waals surface area contributed by atoms with Crippen molar-refractivity contribution in [3.8, 4) is 0 Å². The SMILES string of the molecule is CCCCCCCCCCCC/C=C/CC/C=C/C(O)C(COC1OC(CO)C(OC2OC(CO)C(OC3OC(CO)C(O)C(O)C3O)C(O)C2O)C(O)C1O)NC(=O)CCCCCCCCCCCCCCCCCCCCCCCCCCCCCCCCCCCCCCCC. The van der Waals surface area contributed by atoms with Crippen LogP contribution >= 0.6 is 0 Å². The molecule has 0 aromatic heterocycles. The molecule has 3 heterocycles. The number of amides is 1. The van der Waals surface area contributed by atoms with E-state index in [1.54, 1.807) is 6.08 Å². The van der Waals surface area contributed by atoms with Crippen molar-refractivity contribution in [2.24, 2.45) is 0 Å². The van der Waals surface area contributed by atoms with Gasteiger partial charge in [0.1, 0.15) is 73.2 Å². The Labute approximate surface area is 600 Å². The van der Waals surface area contributed by atoms with E-state index in [9.17, 15) is 61.0 Å². The molecule has 3 rings (SSSR count). The van der Waals surface area contributed by atoms with Gasteiger partial charge in [0.25, 0.3) is 0 Å². The van der Waals surface area contributed by atoms with Crippen molar-refractivity contribution >= 4 is 5.91 Å². The highest BCUT2D eigenvalue weighted by Crippen LogP contribution is 2.33. The highest BCUT2D eigenvalue weighted by Gasteiger charge is 2.54. The van der Waals surface area contributed by atoms with Crippen LogP contribution < -0.4 is 5.32 Å². The quantitative estimate of drug-likeness (QED) is 0.0199. The molecule has 0 radical (unpaired) electrons. The van der Waals surface area contributed by atoms with Crippen LogP contribution in [-0.2, 0) is 33.2 Å². The molecule has 0 bridgehead atoms. The molecule has 0 saturated carbocycles. The molecular weight excluding hydrogens is 1260 g/mol. The molecule has 1 amide bonds. The summed E-state index contributed by atoms with van der Waals surface area (Å²) in [5.74, 6) is -0.278. The number of rotatable bonds is 66. The van der Waals surface area contributed by atoms with Crippen LogP contribution in [0.1, 0.15) is 348 Å². The third-order valence-corrected chi connectivity index (χ3v) is 20.8. The van der Waals surface area contributed by atoms with E-state index in [4.69, 9.17) is 28.4 Å². The fraction of sp³-hybridized carbons (Fsp3) is 0.938. The number of carbonyl (C=O) groups is 1. The summed E-state index contributed by atoms with van der Waals surface area (Å²) < 4.78 is 34.4. The van der Waals surface area contributed by atoms with Crippen molar-refractivity contribution < 1.29 is 89.4 Å². The molecule has 584 valence electrons. The lowest BCUT2D eigenvalue weighted by Crippen LogP contribution is -2.66. The van der Waals surface area contributed by atoms with Gasteiger partial charge in [-0.25, -0.2) is 0 Å². The first kappa shape index (κ1) is 91.5. The van der Waals surface area contributed by atoms with Crippen LogP contribution in [0.5, 0.6) is 0 Å². The third-order valence-electron chi connectivity index (χ3n) is 20.8. The Bertz CT molecular complexity index is 1880. The van der Waals surface area contributed by atoms with Crippen molar-refractivity contribution in [3.63, 3.8) is 0 Å². The Morgan fingerprint density at radius 2 is 0.646 bits per heavy atom. The fourth-order valence-electron chi connectivity index (χ4n) is 14.2. The van der Waals surface area contributed by atoms with Gasteiger partial charge in [-0.05, 0) is 32.1 Å². The molecule has 3 saturated heterocycles. The second-order valence-electron chi connectivity index (χ2n) is 29.6. The van der Waals surface area contributed by atoms with Crippen molar-refractivity contribution in [1.29, 1.82) is 0 Å². The van der Waals surface area contributed by atoms with E-state index < -0.39 is 124 Å². The predicted octanol–water partition coefficient (Wildman–Crippen LogP) is 13.7. The van der Waals surface area contributed by atoms with Crippen LogP contribution in [0.2, 0.25) is 0 Å². The number of unbranched alkanes of at least 4 members (excludes halogenated alkanes) is 48. The predicted molar refractivity (Wildman–Crippen MR) is 393 cm³/mol. The Balaban J connectivity index is 1.30. The normalized spacial score (nSPS) is 26.7. The standard InChI is InChI=1S/C80H151NO18/c1-3-5-7-9-11-13-15-17-19-21-22-23-24-25-26-27-28-29-30-31-32-33-34-35-36-37-38-39-40-41-42-44-46-48-50-52-54-56-58-68(86)81-63(64(85)57-55-53-51-49-47-45-43-20-18-16-14-12-10-8-6-4-2)62-94-78-74(92)71(89)76(66(60-83)96-78)99-80-75(93)72(90)77(67(61-84)97-80)98-79-73(91)70(88)69(87)65(59-82)95-79/h47,49,55,57,63-67,69-80,82-85,87-93H,3-46,48,50-54,56,58-62H2,1-2H3,(H,81,86)/b49-47+,57-55+. The molecule has 3 aliphatic rings. The fourth-order valence-corrected chi connectivity index (χ4v) is 14.2. The maximum Gasteiger partial charge on any atom is 0.220 e. The zero-order valence-corrected chi connectivity index (χ0v) is 62.5. The Morgan fingerprint density at radius 3 is 1.01 bits per heavy atom. The molecule has 99 heavy (non-hydrogen) atoms. The Morgan fingerprint density at radius 1 is 0.354 bits per heavy atom. The van der Waals surface area contributed by atoms with Gasteiger partial charge in [0.15, 0.2) is 18.9 Å². The average Bonchev–Trinajstić information content (AvgIpc) is 0.784. The van der Waals surface area contributed by atoms with Crippen LogP contribution in [0.25, 0.3) is 0 Å². The largest absolute Gasteiger partial charge is 0.394 e. The molecule has 3 aliphatic heterocycles. The van der Waals surface area contributed by atoms with Crippen molar-refractivity contribution in [2.75, 3.05) is 26.4 Å². The van der Waals surface area contributed by atoms with Gasteiger partial charge in [0, 0.05) is 6.42 Å². The number of aliphatic hydroxyl groups excluding tert-OH is 11. The summed E-state index contributed by atoms with van der Waals surface area (Å²) in [7, 11) is 0. The highest BCUT2D eigenvalue weighted by molar-refractivity contribution is 5.76. The maximum atomic E-state index is 13.4. The third kappa shape index (κ3) is 41.7. The molecule has 12 N–H and O–H groups in total. The number of nitrogens with one attached hydrogen (secondary N) is 1. The molecule has 3 fully saturated rings. The van der Waals surface area contributed by atoms with Crippen molar-refractivity contribution in [2.45, 2.75) is 452 Å². The van der Waals surface area contributed by atoms with Crippen LogP contribution in [-0.4, -0.2) is 193 Å². The smallest absolute Gasteiger partial charge is 0.220 e. The number of allylic oxidation sites excluding steroid dienone is 3. The first-order valence-corrected chi connectivity index (χ1v) is 41.1. The number of hydrogen-bond acceptors (Lipinski definition) is 18. The lowest BCUT2D eigenvalue weighted by molar-refractivity contribution is -0.379. The van der Waals surface area contributed by atoms with Crippen LogP contribution in [0.3, 0.4) is 0 Å². The minimum absolute atomic E-state index is 0.241. The van der Waals surface area contributed by atoms with E-state index in [0.29, 0.717) is 12.8 Å². The van der Waals surface area contributed by atoms with E-state index in [2.05, 4.69) is 31.3 Å². The Hall–Kier alpha value is -1.73. The van der Waals surface area contributed by atoms with E-state index in [0.717, 1.165) is 38.5 Å². The highest BCUT2D eigenvalue weighted by atomic mass is 16.8. The molecule has 0 aromatic rings. The van der Waals surface area contributed by atoms with Crippen LogP contribution in [0.15, 0.2) is 24.3 Å². The summed E-state index contributed by atoms with van der Waals surface area (Å²) >= 11 is 0.